The van der Waals surface area contributed by atoms with Gasteiger partial charge in [0.05, 0.1) is 0 Å². The monoisotopic (exact) mass is 353 g/mol. The van der Waals surface area contributed by atoms with Gasteiger partial charge in [0.1, 0.15) is 6.04 Å². The lowest BCUT2D eigenvalue weighted by molar-refractivity contribution is -0.226. The summed E-state index contributed by atoms with van der Waals surface area (Å²) in [5.74, 6) is -1.73. The third-order valence-corrected chi connectivity index (χ3v) is 3.74. The Hall–Kier alpha value is -2.38. The minimum absolute atomic E-state index is 0.0418. The van der Waals surface area contributed by atoms with Gasteiger partial charge >= 0.3 is 12.1 Å². The molecular formula is C18H18F3NO3. The van der Waals surface area contributed by atoms with Crippen molar-refractivity contribution in [3.8, 4) is 0 Å². The highest BCUT2D eigenvalue weighted by atomic mass is 19.4. The van der Waals surface area contributed by atoms with E-state index in [1.165, 1.54) is 0 Å². The average Bonchev–Trinajstić information content (AvgIpc) is 2.55. The van der Waals surface area contributed by atoms with Crippen LogP contribution in [0, 0.1) is 0 Å². The summed E-state index contributed by atoms with van der Waals surface area (Å²) in [5.41, 5.74) is 1.30. The summed E-state index contributed by atoms with van der Waals surface area (Å²) < 4.78 is 38.9. The van der Waals surface area contributed by atoms with Gasteiger partial charge in [-0.2, -0.15) is 13.2 Å². The van der Waals surface area contributed by atoms with Crippen LogP contribution >= 0.6 is 0 Å². The molecule has 0 aliphatic carbocycles. The Morgan fingerprint density at radius 3 is 1.64 bits per heavy atom. The molecule has 2 rings (SSSR count). The number of halogens is 3. The van der Waals surface area contributed by atoms with Crippen LogP contribution in [0.2, 0.25) is 0 Å². The van der Waals surface area contributed by atoms with Crippen molar-refractivity contribution in [3.63, 3.8) is 0 Å². The Morgan fingerprint density at radius 1 is 0.920 bits per heavy atom. The number of hydrogen-bond donors (Lipinski definition) is 2. The molecule has 0 saturated heterocycles. The van der Waals surface area contributed by atoms with Gasteiger partial charge in [-0.15, -0.1) is 0 Å². The van der Waals surface area contributed by atoms with E-state index in [1.807, 2.05) is 0 Å². The van der Waals surface area contributed by atoms with Crippen molar-refractivity contribution >= 4 is 5.97 Å². The van der Waals surface area contributed by atoms with Crippen LogP contribution in [-0.2, 0) is 17.9 Å². The maximum atomic E-state index is 13.0. The number of alkyl halides is 3. The zero-order valence-electron chi connectivity index (χ0n) is 13.2. The second-order valence-corrected chi connectivity index (χ2v) is 5.65. The van der Waals surface area contributed by atoms with E-state index in [2.05, 4.69) is 0 Å². The molecule has 0 bridgehead atoms. The zero-order valence-corrected chi connectivity index (χ0v) is 13.2. The second kappa shape index (κ2) is 8.13. The SMILES string of the molecule is O=C(O)[C@H](C(O)C(F)(F)F)N(Cc1ccccc1)Cc1ccccc1. The molecule has 4 nitrogen and oxygen atoms in total. The first-order valence-corrected chi connectivity index (χ1v) is 7.58. The largest absolute Gasteiger partial charge is 0.480 e. The lowest BCUT2D eigenvalue weighted by Crippen LogP contribution is -2.53. The van der Waals surface area contributed by atoms with Gasteiger partial charge in [-0.25, -0.2) is 0 Å². The van der Waals surface area contributed by atoms with Crippen LogP contribution in [-0.4, -0.2) is 39.4 Å². The Labute approximate surface area is 143 Å². The molecule has 2 aromatic rings. The molecule has 0 aliphatic rings. The summed E-state index contributed by atoms with van der Waals surface area (Å²) in [7, 11) is 0. The molecule has 1 unspecified atom stereocenters. The molecule has 7 heteroatoms. The molecule has 0 spiro atoms. The van der Waals surface area contributed by atoms with Crippen molar-refractivity contribution in [1.82, 2.24) is 4.90 Å². The fourth-order valence-corrected chi connectivity index (χ4v) is 2.56. The highest BCUT2D eigenvalue weighted by Gasteiger charge is 2.49. The van der Waals surface area contributed by atoms with Crippen molar-refractivity contribution in [1.29, 1.82) is 0 Å². The predicted molar refractivity (Wildman–Crippen MR) is 85.6 cm³/mol. The number of aliphatic carboxylic acids is 1. The fraction of sp³-hybridized carbons (Fsp3) is 0.278. The Kier molecular flexibility index (Phi) is 6.17. The van der Waals surface area contributed by atoms with Crippen LogP contribution in [0.1, 0.15) is 11.1 Å². The normalized spacial score (nSPS) is 14.3. The lowest BCUT2D eigenvalue weighted by atomic mass is 10.1. The molecule has 0 amide bonds. The molecule has 2 aromatic carbocycles. The standard InChI is InChI=1S/C18H18F3NO3/c19-18(20,21)16(23)15(17(24)25)22(11-13-7-3-1-4-8-13)12-14-9-5-2-6-10-14/h1-10,15-16,23H,11-12H2,(H,24,25)/t15-,16?/m0/s1. The van der Waals surface area contributed by atoms with Gasteiger partial charge < -0.3 is 10.2 Å². The summed E-state index contributed by atoms with van der Waals surface area (Å²) in [5, 5.41) is 18.9. The van der Waals surface area contributed by atoms with Crippen LogP contribution in [0.3, 0.4) is 0 Å². The minimum atomic E-state index is -5.03. The van der Waals surface area contributed by atoms with Gasteiger partial charge in [-0.05, 0) is 11.1 Å². The molecule has 0 radical (unpaired) electrons. The van der Waals surface area contributed by atoms with Gasteiger partial charge in [-0.1, -0.05) is 60.7 Å². The second-order valence-electron chi connectivity index (χ2n) is 5.65. The molecular weight excluding hydrogens is 335 g/mol. The summed E-state index contributed by atoms with van der Waals surface area (Å²) >= 11 is 0. The van der Waals surface area contributed by atoms with E-state index in [9.17, 15) is 28.2 Å². The van der Waals surface area contributed by atoms with Crippen molar-refractivity contribution in [3.05, 3.63) is 71.8 Å². The maximum Gasteiger partial charge on any atom is 0.416 e. The fourth-order valence-electron chi connectivity index (χ4n) is 2.56. The highest BCUT2D eigenvalue weighted by Crippen LogP contribution is 2.27. The van der Waals surface area contributed by atoms with Crippen LogP contribution in [0.15, 0.2) is 60.7 Å². The summed E-state index contributed by atoms with van der Waals surface area (Å²) in [6, 6.07) is 15.0. The smallest absolute Gasteiger partial charge is 0.416 e. The minimum Gasteiger partial charge on any atom is -0.480 e. The van der Waals surface area contributed by atoms with Crippen molar-refractivity contribution in [2.24, 2.45) is 0 Å². The van der Waals surface area contributed by atoms with E-state index >= 15 is 0 Å². The molecule has 0 aromatic heterocycles. The molecule has 2 N–H and O–H groups in total. The lowest BCUT2D eigenvalue weighted by Gasteiger charge is -2.32. The first kappa shape index (κ1) is 19.0. The Bertz CT molecular complexity index is 635. The van der Waals surface area contributed by atoms with Gasteiger partial charge in [-0.3, -0.25) is 9.69 Å². The summed E-state index contributed by atoms with van der Waals surface area (Å²) in [6.07, 6.45) is -8.02. The third kappa shape index (κ3) is 5.30. The van der Waals surface area contributed by atoms with Crippen LogP contribution in [0.25, 0.3) is 0 Å². The molecule has 25 heavy (non-hydrogen) atoms. The number of rotatable bonds is 7. The summed E-state index contributed by atoms with van der Waals surface area (Å²) in [4.78, 5) is 12.6. The number of aliphatic hydroxyl groups is 1. The molecule has 2 atom stereocenters. The maximum absolute atomic E-state index is 13.0. The van der Waals surface area contributed by atoms with Crippen molar-refractivity contribution < 1.29 is 28.2 Å². The molecule has 0 saturated carbocycles. The molecule has 134 valence electrons. The van der Waals surface area contributed by atoms with Crippen LogP contribution in [0.5, 0.6) is 0 Å². The van der Waals surface area contributed by atoms with Gasteiger partial charge in [0.2, 0.25) is 0 Å². The van der Waals surface area contributed by atoms with E-state index in [-0.39, 0.29) is 13.1 Å². The van der Waals surface area contributed by atoms with Gasteiger partial charge in [0, 0.05) is 13.1 Å². The molecule has 0 fully saturated rings. The first-order valence-electron chi connectivity index (χ1n) is 7.58. The van der Waals surface area contributed by atoms with Crippen LogP contribution < -0.4 is 0 Å². The third-order valence-electron chi connectivity index (χ3n) is 3.74. The Balaban J connectivity index is 2.34. The number of hydrogen-bond acceptors (Lipinski definition) is 3. The van der Waals surface area contributed by atoms with Gasteiger partial charge in [0.15, 0.2) is 6.10 Å². The number of aliphatic hydroxyl groups excluding tert-OH is 1. The topological polar surface area (TPSA) is 60.8 Å². The number of carboxylic acids is 1. The van der Waals surface area contributed by atoms with E-state index in [0.29, 0.717) is 11.1 Å². The van der Waals surface area contributed by atoms with Crippen molar-refractivity contribution in [2.75, 3.05) is 0 Å². The first-order chi connectivity index (χ1) is 11.8. The van der Waals surface area contributed by atoms with E-state index in [1.54, 1.807) is 60.7 Å². The average molecular weight is 353 g/mol. The highest BCUT2D eigenvalue weighted by molar-refractivity contribution is 5.74. The van der Waals surface area contributed by atoms with Crippen molar-refractivity contribution in [2.45, 2.75) is 31.4 Å². The predicted octanol–water partition coefficient (Wildman–Crippen LogP) is 3.07. The zero-order chi connectivity index (χ0) is 18.4. The number of nitrogens with zero attached hydrogens (tertiary/aromatic N) is 1. The van der Waals surface area contributed by atoms with E-state index in [0.717, 1.165) is 4.90 Å². The van der Waals surface area contributed by atoms with Gasteiger partial charge in [0.25, 0.3) is 0 Å². The van der Waals surface area contributed by atoms with Crippen LogP contribution in [0.4, 0.5) is 13.2 Å². The summed E-state index contributed by atoms with van der Waals surface area (Å²) in [6.45, 7) is -0.0836. The number of carboxylic acid groups (broad SMARTS) is 1. The molecule has 0 heterocycles. The quantitative estimate of drug-likeness (QED) is 0.803. The molecule has 0 aliphatic heterocycles. The van der Waals surface area contributed by atoms with E-state index in [4.69, 9.17) is 0 Å². The number of benzene rings is 2. The van der Waals surface area contributed by atoms with E-state index < -0.39 is 24.3 Å². The number of carbonyl (C=O) groups is 1. The Morgan fingerprint density at radius 2 is 1.32 bits per heavy atom.